The fourth-order valence-electron chi connectivity index (χ4n) is 2.73. The molecule has 0 bridgehead atoms. The summed E-state index contributed by atoms with van der Waals surface area (Å²) in [5.41, 5.74) is 0.500. The average Bonchev–Trinajstić information content (AvgIpc) is 3.28. The van der Waals surface area contributed by atoms with E-state index in [2.05, 4.69) is 5.32 Å². The summed E-state index contributed by atoms with van der Waals surface area (Å²) >= 11 is 1.54. The second kappa shape index (κ2) is 8.68. The van der Waals surface area contributed by atoms with Crippen LogP contribution >= 0.6 is 23.1 Å². The molecule has 1 N–H and O–H groups in total. The first kappa shape index (κ1) is 20.2. The van der Waals surface area contributed by atoms with Crippen LogP contribution in [0.2, 0.25) is 0 Å². The van der Waals surface area contributed by atoms with E-state index in [1.54, 1.807) is 18.2 Å². The number of anilines is 1. The van der Waals surface area contributed by atoms with Gasteiger partial charge in [-0.3, -0.25) is 4.79 Å². The molecular weight excluding hydrogens is 414 g/mol. The van der Waals surface area contributed by atoms with Crippen LogP contribution in [0, 0.1) is 0 Å². The Bertz CT molecular complexity index is 892. The van der Waals surface area contributed by atoms with E-state index >= 15 is 0 Å². The predicted molar refractivity (Wildman–Crippen MR) is 103 cm³/mol. The smallest absolute Gasteiger partial charge is 0.288 e. The number of hydrogen-bond acceptors (Lipinski definition) is 5. The van der Waals surface area contributed by atoms with Gasteiger partial charge in [-0.1, -0.05) is 11.8 Å². The number of halogens is 2. The number of amides is 1. The molecule has 0 aliphatic carbocycles. The van der Waals surface area contributed by atoms with Crippen molar-refractivity contribution in [2.75, 3.05) is 18.4 Å². The summed E-state index contributed by atoms with van der Waals surface area (Å²) in [6.07, 6.45) is 1.79. The van der Waals surface area contributed by atoms with Crippen molar-refractivity contribution in [2.45, 2.75) is 34.1 Å². The number of carbonyl (C=O) groups is 1. The van der Waals surface area contributed by atoms with Crippen LogP contribution in [-0.4, -0.2) is 37.5 Å². The zero-order valence-corrected chi connectivity index (χ0v) is 16.7. The van der Waals surface area contributed by atoms with Crippen LogP contribution in [0.5, 0.6) is 0 Å². The Hall–Kier alpha value is -1.49. The zero-order chi connectivity index (χ0) is 19.4. The van der Waals surface area contributed by atoms with Crippen LogP contribution in [0.15, 0.2) is 45.5 Å². The van der Waals surface area contributed by atoms with Gasteiger partial charge in [-0.15, -0.1) is 11.3 Å². The fraction of sp³-hybridized carbons (Fsp3) is 0.353. The van der Waals surface area contributed by atoms with Gasteiger partial charge in [0.2, 0.25) is 5.91 Å². The Labute approximate surface area is 164 Å². The van der Waals surface area contributed by atoms with Crippen molar-refractivity contribution in [2.24, 2.45) is 0 Å². The number of nitrogens with zero attached hydrogens (tertiary/aromatic N) is 1. The fourth-order valence-corrected chi connectivity index (χ4v) is 6.26. The Morgan fingerprint density at radius 2 is 1.81 bits per heavy atom. The van der Waals surface area contributed by atoms with Crippen molar-refractivity contribution in [3.05, 3.63) is 41.3 Å². The molecule has 146 valence electrons. The maximum absolute atomic E-state index is 12.5. The lowest BCUT2D eigenvalue weighted by atomic mass is 10.3. The molecule has 0 radical (unpaired) electrons. The van der Waals surface area contributed by atoms with Crippen LogP contribution < -0.4 is 5.32 Å². The molecule has 1 aliphatic rings. The quantitative estimate of drug-likeness (QED) is 0.671. The first-order valence-electron chi connectivity index (χ1n) is 8.28. The Morgan fingerprint density at radius 3 is 2.44 bits per heavy atom. The maximum Gasteiger partial charge on any atom is 0.288 e. The van der Waals surface area contributed by atoms with E-state index in [0.29, 0.717) is 40.3 Å². The van der Waals surface area contributed by atoms with Crippen LogP contribution in [0.4, 0.5) is 14.5 Å². The van der Waals surface area contributed by atoms with Crippen LogP contribution in [0.25, 0.3) is 0 Å². The minimum atomic E-state index is -3.47. The van der Waals surface area contributed by atoms with Crippen molar-refractivity contribution >= 4 is 44.7 Å². The third-order valence-corrected chi connectivity index (χ3v) is 8.17. The van der Waals surface area contributed by atoms with E-state index in [4.69, 9.17) is 0 Å². The van der Waals surface area contributed by atoms with Gasteiger partial charge in [0.1, 0.15) is 4.21 Å². The number of sulfonamides is 1. The Balaban J connectivity index is 1.59. The minimum absolute atomic E-state index is 0.0493. The van der Waals surface area contributed by atoms with Gasteiger partial charge in [0.05, 0.1) is 6.42 Å². The molecule has 1 fully saturated rings. The molecule has 0 atom stereocenters. The van der Waals surface area contributed by atoms with Crippen LogP contribution in [0.3, 0.4) is 0 Å². The molecule has 10 heteroatoms. The summed E-state index contributed by atoms with van der Waals surface area (Å²) in [5, 5.41) is 2.69. The second-order valence-electron chi connectivity index (χ2n) is 5.96. The van der Waals surface area contributed by atoms with E-state index in [1.807, 2.05) is 0 Å². The minimum Gasteiger partial charge on any atom is -0.326 e. The summed E-state index contributed by atoms with van der Waals surface area (Å²) in [6.45, 7) is 1.08. The average molecular weight is 433 g/mol. The molecule has 1 saturated heterocycles. The largest absolute Gasteiger partial charge is 0.326 e. The van der Waals surface area contributed by atoms with E-state index in [1.165, 1.54) is 22.5 Å². The number of carbonyl (C=O) groups excluding carboxylic acids is 1. The topological polar surface area (TPSA) is 66.5 Å². The van der Waals surface area contributed by atoms with Gasteiger partial charge in [0, 0.05) is 28.5 Å². The van der Waals surface area contributed by atoms with Gasteiger partial charge in [0.15, 0.2) is 0 Å². The number of nitrogens with one attached hydrogen (secondary N) is 1. The van der Waals surface area contributed by atoms with Crippen LogP contribution in [-0.2, 0) is 21.2 Å². The molecule has 0 saturated carbocycles. The lowest BCUT2D eigenvalue weighted by Crippen LogP contribution is -2.27. The van der Waals surface area contributed by atoms with E-state index in [0.717, 1.165) is 24.2 Å². The third kappa shape index (κ3) is 5.28. The lowest BCUT2D eigenvalue weighted by molar-refractivity contribution is -0.115. The molecule has 3 rings (SSSR count). The normalized spacial score (nSPS) is 15.4. The molecule has 1 aromatic heterocycles. The standard InChI is InChI=1S/C17H18F2N2O3S3/c18-17(19)26-13-5-3-12(4-6-13)20-15(22)11-14-7-8-16(25-14)27(23,24)21-9-1-2-10-21/h3-8,17H,1-2,9-11H2,(H,20,22). The molecule has 27 heavy (non-hydrogen) atoms. The third-order valence-electron chi connectivity index (χ3n) is 3.99. The molecule has 1 amide bonds. The molecule has 5 nitrogen and oxygen atoms in total. The van der Waals surface area contributed by atoms with E-state index < -0.39 is 15.8 Å². The monoisotopic (exact) mass is 432 g/mol. The van der Waals surface area contributed by atoms with Crippen molar-refractivity contribution in [3.63, 3.8) is 0 Å². The summed E-state index contributed by atoms with van der Waals surface area (Å²) in [7, 11) is -3.47. The van der Waals surface area contributed by atoms with Crippen molar-refractivity contribution < 1.29 is 22.0 Å². The van der Waals surface area contributed by atoms with Gasteiger partial charge in [-0.05, 0) is 49.2 Å². The van der Waals surface area contributed by atoms with Crippen molar-refractivity contribution in [3.8, 4) is 0 Å². The van der Waals surface area contributed by atoms with Crippen LogP contribution in [0.1, 0.15) is 17.7 Å². The molecular formula is C17H18F2N2O3S3. The van der Waals surface area contributed by atoms with Gasteiger partial charge in [0.25, 0.3) is 15.8 Å². The van der Waals surface area contributed by atoms with Gasteiger partial charge >= 0.3 is 0 Å². The highest BCUT2D eigenvalue weighted by Gasteiger charge is 2.28. The van der Waals surface area contributed by atoms with Gasteiger partial charge < -0.3 is 5.32 Å². The van der Waals surface area contributed by atoms with Crippen molar-refractivity contribution in [1.29, 1.82) is 0 Å². The molecule has 1 aromatic carbocycles. The molecule has 0 unspecified atom stereocenters. The summed E-state index contributed by atoms with van der Waals surface area (Å²) in [6, 6.07) is 9.32. The first-order chi connectivity index (χ1) is 12.8. The van der Waals surface area contributed by atoms with Gasteiger partial charge in [-0.2, -0.15) is 13.1 Å². The van der Waals surface area contributed by atoms with E-state index in [-0.39, 0.29) is 16.5 Å². The summed E-state index contributed by atoms with van der Waals surface area (Å²) in [5.74, 6) is -2.79. The number of benzene rings is 1. The van der Waals surface area contributed by atoms with Crippen molar-refractivity contribution in [1.82, 2.24) is 4.31 Å². The highest BCUT2D eigenvalue weighted by Crippen LogP contribution is 2.28. The zero-order valence-electron chi connectivity index (χ0n) is 14.2. The SMILES string of the molecule is O=C(Cc1ccc(S(=O)(=O)N2CCCC2)s1)Nc1ccc(SC(F)F)cc1. The maximum atomic E-state index is 12.5. The number of rotatable bonds is 7. The summed E-state index contributed by atoms with van der Waals surface area (Å²) < 4.78 is 51.4. The molecule has 1 aliphatic heterocycles. The Kier molecular flexibility index (Phi) is 6.51. The Morgan fingerprint density at radius 1 is 1.15 bits per heavy atom. The second-order valence-corrected chi connectivity index (χ2v) is 10.4. The number of hydrogen-bond donors (Lipinski definition) is 1. The van der Waals surface area contributed by atoms with Gasteiger partial charge in [-0.25, -0.2) is 8.42 Å². The first-order valence-corrected chi connectivity index (χ1v) is 11.4. The number of thiophene rings is 1. The summed E-state index contributed by atoms with van der Waals surface area (Å²) in [4.78, 5) is 13.2. The number of thioether (sulfide) groups is 1. The highest BCUT2D eigenvalue weighted by atomic mass is 32.2. The molecule has 2 heterocycles. The highest BCUT2D eigenvalue weighted by molar-refractivity contribution is 7.99. The van der Waals surface area contributed by atoms with E-state index in [9.17, 15) is 22.0 Å². The molecule has 2 aromatic rings. The predicted octanol–water partition coefficient (Wildman–Crippen LogP) is 4.03. The number of alkyl halides is 2. The lowest BCUT2D eigenvalue weighted by Gasteiger charge is -2.13. The molecule has 0 spiro atoms.